The Bertz CT molecular complexity index is 1290. The predicted octanol–water partition coefficient (Wildman–Crippen LogP) is 10.6. The number of carbonyl (C=O) groups is 2. The van der Waals surface area contributed by atoms with Crippen LogP contribution in [0, 0.1) is 0 Å². The third kappa shape index (κ3) is 40.3. The van der Waals surface area contributed by atoms with Crippen LogP contribution in [0.1, 0.15) is 123 Å². The van der Waals surface area contributed by atoms with Gasteiger partial charge in [-0.15, -0.1) is 0 Å². The Morgan fingerprint density at radius 3 is 1.45 bits per heavy atom. The molecule has 0 saturated heterocycles. The Kier molecular flexibility index (Phi) is 37.5. The van der Waals surface area contributed by atoms with Gasteiger partial charge in [0.15, 0.2) is 6.10 Å². The number of carbonyl (C=O) groups excluding carboxylic acids is 2. The maximum absolute atomic E-state index is 12.5. The van der Waals surface area contributed by atoms with Gasteiger partial charge in [-0.25, -0.2) is 4.57 Å². The van der Waals surface area contributed by atoms with E-state index >= 15 is 0 Å². The fourth-order valence-corrected chi connectivity index (χ4v) is 5.44. The summed E-state index contributed by atoms with van der Waals surface area (Å²) in [5, 5.41) is 9.26. The smallest absolute Gasteiger partial charge is 0.462 e. The Morgan fingerprint density at radius 2 is 1.02 bits per heavy atom. The molecule has 0 saturated carbocycles. The SMILES string of the molecule is CC/C=C\C/C=C\C/C=C\C/C=C\C/C=C\CCCC(=O)O[C@H](COC(=O)CCC/C=C\C/C=C\C/C=C\C/C=C\CCC[C@@H](C)O)COP(=O)(O)OCCN. The Hall–Kier alpha value is -3.37. The van der Waals surface area contributed by atoms with Crippen molar-refractivity contribution in [2.24, 2.45) is 5.73 Å². The third-order valence-electron chi connectivity index (χ3n) is 7.66. The van der Waals surface area contributed by atoms with Gasteiger partial charge in [0, 0.05) is 19.4 Å². The van der Waals surface area contributed by atoms with Crippen molar-refractivity contribution in [2.45, 2.75) is 135 Å². The van der Waals surface area contributed by atoms with Crippen molar-refractivity contribution in [1.29, 1.82) is 0 Å². The first kappa shape index (κ1) is 52.6. The van der Waals surface area contributed by atoms with Crippen LogP contribution in [0.3, 0.4) is 0 Å². The molecule has 10 nitrogen and oxygen atoms in total. The first-order valence-electron chi connectivity index (χ1n) is 20.4. The van der Waals surface area contributed by atoms with Crippen LogP contribution in [-0.4, -0.2) is 60.5 Å². The van der Waals surface area contributed by atoms with Crippen LogP contribution < -0.4 is 5.73 Å². The topological polar surface area (TPSA) is 155 Å². The zero-order chi connectivity index (χ0) is 41.2. The summed E-state index contributed by atoms with van der Waals surface area (Å²) in [5.74, 6) is -0.994. The molecule has 0 aromatic heterocycles. The van der Waals surface area contributed by atoms with Crippen LogP contribution in [-0.2, 0) is 32.7 Å². The third-order valence-corrected chi connectivity index (χ3v) is 8.65. The number of ether oxygens (including phenoxy) is 2. The number of nitrogens with two attached hydrogens (primary N) is 1. The first-order chi connectivity index (χ1) is 27.2. The van der Waals surface area contributed by atoms with E-state index in [4.69, 9.17) is 24.3 Å². The summed E-state index contributed by atoms with van der Waals surface area (Å²) in [7, 11) is -4.42. The number of phosphoric ester groups is 1. The fraction of sp³-hybridized carbons (Fsp3) is 0.556. The molecule has 0 aliphatic heterocycles. The van der Waals surface area contributed by atoms with Gasteiger partial charge in [-0.3, -0.25) is 18.6 Å². The van der Waals surface area contributed by atoms with E-state index in [-0.39, 0.29) is 38.7 Å². The molecular weight excluding hydrogens is 729 g/mol. The largest absolute Gasteiger partial charge is 0.472 e. The van der Waals surface area contributed by atoms with Gasteiger partial charge in [-0.2, -0.15) is 0 Å². The van der Waals surface area contributed by atoms with Crippen molar-refractivity contribution in [3.05, 3.63) is 109 Å². The fourth-order valence-electron chi connectivity index (χ4n) is 4.68. The number of phosphoric acid groups is 1. The standard InChI is InChI=1S/C45H72NO9P/c1-3-4-5-6-7-8-9-10-11-12-15-19-22-25-28-31-34-37-45(49)55-43(41-54-56(50,51)53-39-38-46)40-52-44(48)36-33-30-27-24-21-18-16-13-14-17-20-23-26-29-32-35-42(2)47/h4-5,7-8,10-11,14-19,23-28,42-43,47H,3,6,9,12-13,20-22,29-41,46H2,1-2H3,(H,50,51)/b5-4-,8-7-,11-10-,17-14-,18-16-,19-15-,26-23-,27-24-,28-25-/t42-,43-/m1/s1. The summed E-state index contributed by atoms with van der Waals surface area (Å²) in [4.78, 5) is 34.8. The van der Waals surface area contributed by atoms with Crippen molar-refractivity contribution in [3.63, 3.8) is 0 Å². The molecule has 0 spiro atoms. The zero-order valence-electron chi connectivity index (χ0n) is 34.2. The van der Waals surface area contributed by atoms with Crippen molar-refractivity contribution in [1.82, 2.24) is 0 Å². The summed E-state index contributed by atoms with van der Waals surface area (Å²) >= 11 is 0. The molecule has 0 rings (SSSR count). The molecule has 0 fully saturated rings. The molecule has 0 aromatic rings. The molecule has 0 radical (unpaired) electrons. The van der Waals surface area contributed by atoms with Gasteiger partial charge in [0.05, 0.1) is 19.3 Å². The molecule has 0 aliphatic carbocycles. The molecule has 0 aliphatic rings. The van der Waals surface area contributed by atoms with Crippen LogP contribution in [0.2, 0.25) is 0 Å². The second kappa shape index (κ2) is 39.8. The van der Waals surface area contributed by atoms with Crippen molar-refractivity contribution >= 4 is 19.8 Å². The van der Waals surface area contributed by atoms with E-state index in [2.05, 4.69) is 98.1 Å². The van der Waals surface area contributed by atoms with E-state index in [1.165, 1.54) is 0 Å². The molecule has 56 heavy (non-hydrogen) atoms. The Morgan fingerprint density at radius 1 is 0.607 bits per heavy atom. The summed E-state index contributed by atoms with van der Waals surface area (Å²) < 4.78 is 32.6. The first-order valence-corrected chi connectivity index (χ1v) is 21.9. The number of hydrogen-bond acceptors (Lipinski definition) is 9. The minimum absolute atomic E-state index is 0.0255. The lowest BCUT2D eigenvalue weighted by Gasteiger charge is -2.19. The molecular formula is C45H72NO9P. The lowest BCUT2D eigenvalue weighted by Crippen LogP contribution is -2.29. The molecule has 1 unspecified atom stereocenters. The second-order valence-electron chi connectivity index (χ2n) is 13.0. The Labute approximate surface area is 338 Å². The predicted molar refractivity (Wildman–Crippen MR) is 230 cm³/mol. The summed E-state index contributed by atoms with van der Waals surface area (Å²) in [6.45, 7) is 2.99. The lowest BCUT2D eigenvalue weighted by molar-refractivity contribution is -0.161. The van der Waals surface area contributed by atoms with Crippen LogP contribution in [0.25, 0.3) is 0 Å². The Balaban J connectivity index is 4.41. The maximum Gasteiger partial charge on any atom is 0.472 e. The quantitative estimate of drug-likeness (QED) is 0.0241. The highest BCUT2D eigenvalue weighted by Crippen LogP contribution is 2.43. The van der Waals surface area contributed by atoms with Gasteiger partial charge in [0.1, 0.15) is 6.61 Å². The van der Waals surface area contributed by atoms with E-state index in [0.717, 1.165) is 70.6 Å². The summed E-state index contributed by atoms with van der Waals surface area (Å²) in [5.41, 5.74) is 5.33. The summed E-state index contributed by atoms with van der Waals surface area (Å²) in [6, 6.07) is 0. The average molecular weight is 802 g/mol. The summed E-state index contributed by atoms with van der Waals surface area (Å²) in [6.07, 6.45) is 49.8. The van der Waals surface area contributed by atoms with Crippen molar-refractivity contribution in [2.75, 3.05) is 26.4 Å². The number of unbranched alkanes of at least 4 members (excludes halogenated alkanes) is 3. The van der Waals surface area contributed by atoms with Gasteiger partial charge in [-0.1, -0.05) is 116 Å². The minimum Gasteiger partial charge on any atom is -0.462 e. The van der Waals surface area contributed by atoms with Gasteiger partial charge < -0.3 is 25.2 Å². The van der Waals surface area contributed by atoms with E-state index in [1.807, 2.05) is 25.2 Å². The maximum atomic E-state index is 12.5. The average Bonchev–Trinajstić information content (AvgIpc) is 3.17. The highest BCUT2D eigenvalue weighted by molar-refractivity contribution is 7.47. The van der Waals surface area contributed by atoms with Crippen LogP contribution in [0.15, 0.2) is 109 Å². The van der Waals surface area contributed by atoms with Crippen LogP contribution in [0.5, 0.6) is 0 Å². The monoisotopic (exact) mass is 801 g/mol. The lowest BCUT2D eigenvalue weighted by atomic mass is 10.1. The zero-order valence-corrected chi connectivity index (χ0v) is 35.1. The highest BCUT2D eigenvalue weighted by atomic mass is 31.2. The molecule has 0 aromatic carbocycles. The number of esters is 2. The van der Waals surface area contributed by atoms with E-state index in [0.29, 0.717) is 25.7 Å². The van der Waals surface area contributed by atoms with Crippen molar-refractivity contribution in [3.8, 4) is 0 Å². The molecule has 4 N–H and O–H groups in total. The van der Waals surface area contributed by atoms with Crippen LogP contribution in [0.4, 0.5) is 0 Å². The van der Waals surface area contributed by atoms with E-state index < -0.39 is 32.5 Å². The molecule has 316 valence electrons. The van der Waals surface area contributed by atoms with Gasteiger partial charge in [0.2, 0.25) is 0 Å². The van der Waals surface area contributed by atoms with E-state index in [9.17, 15) is 24.2 Å². The number of aliphatic hydroxyl groups is 1. The molecule has 11 heteroatoms. The molecule has 0 amide bonds. The number of aliphatic hydroxyl groups excluding tert-OH is 1. The van der Waals surface area contributed by atoms with Crippen molar-refractivity contribution < 1.29 is 42.7 Å². The molecule has 0 heterocycles. The number of rotatable bonds is 36. The van der Waals surface area contributed by atoms with Crippen LogP contribution >= 0.6 is 7.82 Å². The minimum atomic E-state index is -4.42. The van der Waals surface area contributed by atoms with Gasteiger partial charge in [0.25, 0.3) is 0 Å². The normalized spacial score (nSPS) is 15.0. The van der Waals surface area contributed by atoms with Gasteiger partial charge in [-0.05, 0) is 103 Å². The highest BCUT2D eigenvalue weighted by Gasteiger charge is 2.25. The number of allylic oxidation sites excluding steroid dienone is 18. The molecule has 0 bridgehead atoms. The molecule has 3 atom stereocenters. The van der Waals surface area contributed by atoms with E-state index in [1.54, 1.807) is 0 Å². The number of hydrogen-bond donors (Lipinski definition) is 3. The second-order valence-corrected chi connectivity index (χ2v) is 14.5. The van der Waals surface area contributed by atoms with Gasteiger partial charge >= 0.3 is 19.8 Å².